The molecule has 0 bridgehead atoms. The summed E-state index contributed by atoms with van der Waals surface area (Å²) in [6.45, 7) is 5.80. The van der Waals surface area contributed by atoms with Crippen LogP contribution in [0.2, 0.25) is 0 Å². The third-order valence-corrected chi connectivity index (χ3v) is 3.30. The third-order valence-electron chi connectivity index (χ3n) is 3.30. The van der Waals surface area contributed by atoms with Gasteiger partial charge >= 0.3 is 0 Å². The Balaban J connectivity index is 2.10. The van der Waals surface area contributed by atoms with E-state index in [4.69, 9.17) is 0 Å². The summed E-state index contributed by atoms with van der Waals surface area (Å²) in [6.07, 6.45) is 1.81. The van der Waals surface area contributed by atoms with E-state index in [1.807, 2.05) is 60.5 Å². The summed E-state index contributed by atoms with van der Waals surface area (Å²) in [4.78, 5) is 1.93. The first-order chi connectivity index (χ1) is 10.2. The smallest absolute Gasteiger partial charge is 0.146 e. The number of rotatable bonds is 7. The maximum atomic E-state index is 14.0. The first kappa shape index (κ1) is 15.3. The van der Waals surface area contributed by atoms with Crippen LogP contribution in [0.4, 0.5) is 10.1 Å². The molecule has 0 heterocycles. The summed E-state index contributed by atoms with van der Waals surface area (Å²) in [5, 5.41) is 3.23. The van der Waals surface area contributed by atoms with Crippen LogP contribution < -0.4 is 10.2 Å². The van der Waals surface area contributed by atoms with Crippen molar-refractivity contribution >= 4 is 5.69 Å². The fourth-order valence-electron chi connectivity index (χ4n) is 2.22. The Kier molecular flexibility index (Phi) is 5.52. The van der Waals surface area contributed by atoms with E-state index in [0.29, 0.717) is 18.8 Å². The molecule has 2 nitrogen and oxygen atoms in total. The van der Waals surface area contributed by atoms with Crippen LogP contribution in [0, 0.1) is 5.82 Å². The second-order valence-electron chi connectivity index (χ2n) is 5.05. The predicted molar refractivity (Wildman–Crippen MR) is 86.9 cm³/mol. The first-order valence-corrected chi connectivity index (χ1v) is 7.06. The maximum Gasteiger partial charge on any atom is 0.146 e. The molecule has 1 N–H and O–H groups in total. The monoisotopic (exact) mass is 284 g/mol. The Morgan fingerprint density at radius 1 is 1.14 bits per heavy atom. The van der Waals surface area contributed by atoms with E-state index >= 15 is 0 Å². The Bertz CT molecular complexity index is 581. The molecule has 110 valence electrons. The predicted octanol–water partition coefficient (Wildman–Crippen LogP) is 3.74. The number of halogens is 1. The van der Waals surface area contributed by atoms with Crippen LogP contribution in [0.3, 0.4) is 0 Å². The number of nitrogens with one attached hydrogen (secondary N) is 1. The molecule has 0 spiro atoms. The van der Waals surface area contributed by atoms with Crippen molar-refractivity contribution in [3.05, 3.63) is 78.1 Å². The molecule has 2 aromatic carbocycles. The summed E-state index contributed by atoms with van der Waals surface area (Å²) in [5.41, 5.74) is 2.85. The topological polar surface area (TPSA) is 15.3 Å². The van der Waals surface area contributed by atoms with Gasteiger partial charge in [0.25, 0.3) is 0 Å². The van der Waals surface area contributed by atoms with Crippen LogP contribution in [0.25, 0.3) is 0 Å². The average molecular weight is 284 g/mol. The van der Waals surface area contributed by atoms with Crippen LogP contribution >= 0.6 is 0 Å². The molecule has 0 aliphatic rings. The highest BCUT2D eigenvalue weighted by molar-refractivity contribution is 5.50. The van der Waals surface area contributed by atoms with Gasteiger partial charge in [-0.2, -0.15) is 0 Å². The van der Waals surface area contributed by atoms with Gasteiger partial charge in [-0.25, -0.2) is 4.39 Å². The largest absolute Gasteiger partial charge is 0.368 e. The second-order valence-corrected chi connectivity index (χ2v) is 5.05. The van der Waals surface area contributed by atoms with Gasteiger partial charge in [-0.3, -0.25) is 0 Å². The van der Waals surface area contributed by atoms with Gasteiger partial charge in [0.1, 0.15) is 5.82 Å². The molecule has 0 radical (unpaired) electrons. The van der Waals surface area contributed by atoms with Crippen molar-refractivity contribution in [2.45, 2.75) is 13.1 Å². The van der Waals surface area contributed by atoms with Crippen molar-refractivity contribution in [3.8, 4) is 0 Å². The lowest BCUT2D eigenvalue weighted by Gasteiger charge is -2.21. The van der Waals surface area contributed by atoms with E-state index in [2.05, 4.69) is 11.9 Å². The Morgan fingerprint density at radius 2 is 1.90 bits per heavy atom. The molecule has 21 heavy (non-hydrogen) atoms. The standard InChI is InChI=1S/C18H21FN2/c1-3-11-20-13-16-9-10-17(19)18(12-16)21(2)14-15-7-5-4-6-8-15/h3-10,12,20H,1,11,13-14H2,2H3. The van der Waals surface area contributed by atoms with Crippen molar-refractivity contribution in [2.75, 3.05) is 18.5 Å². The van der Waals surface area contributed by atoms with Crippen LogP contribution in [0.1, 0.15) is 11.1 Å². The van der Waals surface area contributed by atoms with E-state index in [0.717, 1.165) is 17.7 Å². The fourth-order valence-corrected chi connectivity index (χ4v) is 2.22. The molecular weight excluding hydrogens is 263 g/mol. The lowest BCUT2D eigenvalue weighted by molar-refractivity contribution is 0.620. The average Bonchev–Trinajstić information content (AvgIpc) is 2.50. The maximum absolute atomic E-state index is 14.0. The van der Waals surface area contributed by atoms with Gasteiger partial charge in [-0.1, -0.05) is 42.5 Å². The lowest BCUT2D eigenvalue weighted by atomic mass is 10.1. The van der Waals surface area contributed by atoms with Gasteiger partial charge in [0.2, 0.25) is 0 Å². The van der Waals surface area contributed by atoms with Crippen LogP contribution in [0.15, 0.2) is 61.2 Å². The third kappa shape index (κ3) is 4.43. The zero-order valence-corrected chi connectivity index (χ0v) is 12.3. The van der Waals surface area contributed by atoms with Crippen molar-refractivity contribution in [3.63, 3.8) is 0 Å². The second kappa shape index (κ2) is 7.60. The zero-order valence-electron chi connectivity index (χ0n) is 12.3. The number of hydrogen-bond acceptors (Lipinski definition) is 2. The molecule has 0 saturated carbocycles. The van der Waals surface area contributed by atoms with Gasteiger partial charge in [-0.05, 0) is 23.3 Å². The van der Waals surface area contributed by atoms with E-state index in [1.165, 1.54) is 6.07 Å². The molecule has 2 aromatic rings. The van der Waals surface area contributed by atoms with Crippen molar-refractivity contribution < 1.29 is 4.39 Å². The summed E-state index contributed by atoms with van der Waals surface area (Å²) in [7, 11) is 1.91. The molecule has 0 aliphatic heterocycles. The van der Waals surface area contributed by atoms with Crippen molar-refractivity contribution in [1.82, 2.24) is 5.32 Å². The van der Waals surface area contributed by atoms with E-state index in [1.54, 1.807) is 0 Å². The quantitative estimate of drug-likeness (QED) is 0.615. The highest BCUT2D eigenvalue weighted by atomic mass is 19.1. The minimum Gasteiger partial charge on any atom is -0.368 e. The Labute approximate surface area is 125 Å². The normalized spacial score (nSPS) is 10.4. The molecule has 3 heteroatoms. The highest BCUT2D eigenvalue weighted by Gasteiger charge is 2.09. The molecule has 0 amide bonds. The van der Waals surface area contributed by atoms with Crippen LogP contribution in [-0.4, -0.2) is 13.6 Å². The van der Waals surface area contributed by atoms with E-state index < -0.39 is 0 Å². The van der Waals surface area contributed by atoms with Crippen molar-refractivity contribution in [2.24, 2.45) is 0 Å². The number of anilines is 1. The lowest BCUT2D eigenvalue weighted by Crippen LogP contribution is -2.19. The SMILES string of the molecule is C=CCNCc1ccc(F)c(N(C)Cc2ccccc2)c1. The van der Waals surface area contributed by atoms with Gasteiger partial charge in [0.15, 0.2) is 0 Å². The molecule has 0 saturated heterocycles. The molecule has 0 fully saturated rings. The van der Waals surface area contributed by atoms with E-state index in [9.17, 15) is 4.39 Å². The van der Waals surface area contributed by atoms with Gasteiger partial charge in [-0.15, -0.1) is 6.58 Å². The molecule has 0 atom stereocenters. The minimum atomic E-state index is -0.194. The Morgan fingerprint density at radius 3 is 2.62 bits per heavy atom. The van der Waals surface area contributed by atoms with Gasteiger partial charge in [0, 0.05) is 26.7 Å². The molecule has 2 rings (SSSR count). The molecular formula is C18H21FN2. The van der Waals surface area contributed by atoms with Crippen LogP contribution in [0.5, 0.6) is 0 Å². The fraction of sp³-hybridized carbons (Fsp3) is 0.222. The number of nitrogens with zero attached hydrogens (tertiary/aromatic N) is 1. The minimum absolute atomic E-state index is 0.194. The first-order valence-electron chi connectivity index (χ1n) is 7.06. The van der Waals surface area contributed by atoms with Gasteiger partial charge in [0.05, 0.1) is 5.69 Å². The summed E-state index contributed by atoms with van der Waals surface area (Å²) in [5.74, 6) is -0.194. The van der Waals surface area contributed by atoms with E-state index in [-0.39, 0.29) is 5.82 Å². The van der Waals surface area contributed by atoms with Crippen molar-refractivity contribution in [1.29, 1.82) is 0 Å². The molecule has 0 aromatic heterocycles. The summed E-state index contributed by atoms with van der Waals surface area (Å²) < 4.78 is 14.0. The number of hydrogen-bond donors (Lipinski definition) is 1. The van der Waals surface area contributed by atoms with Gasteiger partial charge < -0.3 is 10.2 Å². The van der Waals surface area contributed by atoms with Crippen LogP contribution in [-0.2, 0) is 13.1 Å². The highest BCUT2D eigenvalue weighted by Crippen LogP contribution is 2.21. The number of benzene rings is 2. The summed E-state index contributed by atoms with van der Waals surface area (Å²) >= 11 is 0. The molecule has 0 aliphatic carbocycles. The molecule has 0 unspecified atom stereocenters. The Hall–Kier alpha value is -2.13. The summed E-state index contributed by atoms with van der Waals surface area (Å²) in [6, 6.07) is 15.3. The zero-order chi connectivity index (χ0) is 15.1.